The molecule has 7 nitrogen and oxygen atoms in total. The van der Waals surface area contributed by atoms with Crippen molar-refractivity contribution in [1.82, 2.24) is 0 Å². The van der Waals surface area contributed by atoms with Crippen molar-refractivity contribution in [2.45, 2.75) is 6.42 Å². The third kappa shape index (κ3) is 5.19. The molecule has 0 saturated carbocycles. The molecule has 82 valence electrons. The molecule has 1 N–H and O–H groups in total. The largest absolute Gasteiger partial charge is 0.550 e. The van der Waals surface area contributed by atoms with Crippen LogP contribution in [0.2, 0.25) is 0 Å². The predicted octanol–water partition coefficient (Wildman–Crippen LogP) is -3.30. The molecule has 0 fully saturated rings. The van der Waals surface area contributed by atoms with E-state index < -0.39 is 36.0 Å². The fourth-order valence-electron chi connectivity index (χ4n) is 0.689. The van der Waals surface area contributed by atoms with Gasteiger partial charge in [0.1, 0.15) is 5.97 Å². The maximum Gasteiger partial charge on any atom is 0.310 e. The van der Waals surface area contributed by atoms with Crippen LogP contribution in [0.1, 0.15) is 6.42 Å². The summed E-state index contributed by atoms with van der Waals surface area (Å²) < 4.78 is 0. The van der Waals surface area contributed by atoms with E-state index in [0.717, 1.165) is 0 Å². The van der Waals surface area contributed by atoms with Gasteiger partial charge in [0.2, 0.25) is 5.78 Å². The van der Waals surface area contributed by atoms with Crippen molar-refractivity contribution in [2.24, 2.45) is 5.92 Å². The van der Waals surface area contributed by atoms with Gasteiger partial charge in [0.05, 0.1) is 5.92 Å². The van der Waals surface area contributed by atoms with Crippen molar-refractivity contribution in [3.63, 3.8) is 0 Å². The summed E-state index contributed by atoms with van der Waals surface area (Å²) >= 11 is 0. The van der Waals surface area contributed by atoms with Gasteiger partial charge in [-0.2, -0.15) is 0 Å². The molecular formula is C8H6O7-2. The average Bonchev–Trinajstić information content (AvgIpc) is 2.10. The van der Waals surface area contributed by atoms with E-state index >= 15 is 0 Å². The van der Waals surface area contributed by atoms with Gasteiger partial charge < -0.3 is 24.9 Å². The van der Waals surface area contributed by atoms with E-state index in [-0.39, 0.29) is 0 Å². The molecule has 1 unspecified atom stereocenters. The Bertz CT molecular complexity index is 328. The lowest BCUT2D eigenvalue weighted by atomic mass is 10.1. The first-order valence-electron chi connectivity index (χ1n) is 3.70. The van der Waals surface area contributed by atoms with Gasteiger partial charge in [-0.15, -0.1) is 0 Å². The highest BCUT2D eigenvalue weighted by Gasteiger charge is 2.14. The second kappa shape index (κ2) is 5.53. The van der Waals surface area contributed by atoms with Crippen LogP contribution in [0.15, 0.2) is 12.2 Å². The number of aliphatic carboxylic acids is 3. The molecule has 0 spiro atoms. The molecular weight excluding hydrogens is 208 g/mol. The molecule has 0 aliphatic heterocycles. The maximum absolute atomic E-state index is 10.5. The van der Waals surface area contributed by atoms with Gasteiger partial charge in [0.25, 0.3) is 0 Å². The first-order valence-corrected chi connectivity index (χ1v) is 3.70. The van der Waals surface area contributed by atoms with Crippen molar-refractivity contribution < 1.29 is 34.5 Å². The maximum atomic E-state index is 10.5. The molecule has 0 aliphatic rings. The summed E-state index contributed by atoms with van der Waals surface area (Å²) in [7, 11) is 0. The fourth-order valence-corrected chi connectivity index (χ4v) is 0.689. The average molecular weight is 214 g/mol. The molecule has 0 rings (SSSR count). The van der Waals surface area contributed by atoms with Gasteiger partial charge >= 0.3 is 5.97 Å². The van der Waals surface area contributed by atoms with E-state index in [2.05, 4.69) is 0 Å². The predicted molar refractivity (Wildman–Crippen MR) is 39.9 cm³/mol. The van der Waals surface area contributed by atoms with E-state index in [1.165, 1.54) is 0 Å². The Morgan fingerprint density at radius 3 is 2.07 bits per heavy atom. The number of carbonyl (C=O) groups excluding carboxylic acids is 3. The highest BCUT2D eigenvalue weighted by atomic mass is 16.4. The molecule has 1 atom stereocenters. The molecule has 0 aromatic heterocycles. The summed E-state index contributed by atoms with van der Waals surface area (Å²) in [5.41, 5.74) is 0. The molecule has 7 heteroatoms. The smallest absolute Gasteiger partial charge is 0.310 e. The van der Waals surface area contributed by atoms with Crippen LogP contribution >= 0.6 is 0 Å². The van der Waals surface area contributed by atoms with E-state index in [9.17, 15) is 29.4 Å². The molecule has 0 saturated heterocycles. The summed E-state index contributed by atoms with van der Waals surface area (Å²) in [4.78, 5) is 40.8. The summed E-state index contributed by atoms with van der Waals surface area (Å²) in [5, 5.41) is 28.4. The zero-order valence-electron chi connectivity index (χ0n) is 7.34. The third-order valence-corrected chi connectivity index (χ3v) is 1.38. The monoisotopic (exact) mass is 214 g/mol. The highest BCUT2D eigenvalue weighted by molar-refractivity contribution is 6.36. The molecule has 0 aromatic carbocycles. The first-order chi connectivity index (χ1) is 6.84. The number of carboxylic acids is 3. The minimum Gasteiger partial charge on any atom is -0.550 e. The number of ketones is 1. The van der Waals surface area contributed by atoms with Crippen LogP contribution < -0.4 is 10.2 Å². The number of rotatable bonds is 6. The van der Waals surface area contributed by atoms with Gasteiger partial charge in [-0.05, 0) is 6.08 Å². The Morgan fingerprint density at radius 2 is 1.73 bits per heavy atom. The fraction of sp³-hybridized carbons (Fsp3) is 0.250. The SMILES string of the molecule is O=C([O-])CC(/C=C/C(=O)C(=O)[O-])C(=O)O. The lowest BCUT2D eigenvalue weighted by molar-refractivity contribution is -0.306. The van der Waals surface area contributed by atoms with Crippen LogP contribution in [0.3, 0.4) is 0 Å². The summed E-state index contributed by atoms with van der Waals surface area (Å²) in [6.07, 6.45) is 0.263. The second-order valence-electron chi connectivity index (χ2n) is 2.53. The molecule has 0 aromatic rings. The number of carboxylic acid groups (broad SMARTS) is 3. The minimum absolute atomic E-state index is 0.442. The summed E-state index contributed by atoms with van der Waals surface area (Å²) in [6, 6.07) is 0. The quantitative estimate of drug-likeness (QED) is 0.361. The number of hydrogen-bond acceptors (Lipinski definition) is 6. The highest BCUT2D eigenvalue weighted by Crippen LogP contribution is 2.04. The van der Waals surface area contributed by atoms with E-state index in [1.54, 1.807) is 0 Å². The van der Waals surface area contributed by atoms with Gasteiger partial charge in [-0.3, -0.25) is 9.59 Å². The van der Waals surface area contributed by atoms with Crippen LogP contribution in [0.25, 0.3) is 0 Å². The standard InChI is InChI=1S/C8H8O7/c9-5(8(14)15)2-1-4(7(12)13)3-6(10)11/h1-2,4H,3H2,(H,10,11)(H,12,13)(H,14,15)/p-2/b2-1+. The van der Waals surface area contributed by atoms with E-state index in [0.29, 0.717) is 12.2 Å². The minimum atomic E-state index is -2.00. The Kier molecular flexibility index (Phi) is 4.73. The Morgan fingerprint density at radius 1 is 1.20 bits per heavy atom. The van der Waals surface area contributed by atoms with Crippen molar-refractivity contribution in [3.05, 3.63) is 12.2 Å². The zero-order chi connectivity index (χ0) is 12.0. The third-order valence-electron chi connectivity index (χ3n) is 1.38. The van der Waals surface area contributed by atoms with Crippen molar-refractivity contribution >= 4 is 23.7 Å². The van der Waals surface area contributed by atoms with E-state index in [4.69, 9.17) is 5.11 Å². The normalized spacial score (nSPS) is 12.3. The van der Waals surface area contributed by atoms with Crippen molar-refractivity contribution in [1.29, 1.82) is 0 Å². The lowest BCUT2D eigenvalue weighted by Crippen LogP contribution is -2.31. The van der Waals surface area contributed by atoms with Crippen molar-refractivity contribution in [3.8, 4) is 0 Å². The number of hydrogen-bond donors (Lipinski definition) is 1. The molecule has 0 bridgehead atoms. The summed E-state index contributed by atoms with van der Waals surface area (Å²) in [5.74, 6) is -8.05. The van der Waals surface area contributed by atoms with Crippen LogP contribution in [0.4, 0.5) is 0 Å². The molecule has 15 heavy (non-hydrogen) atoms. The molecule has 0 amide bonds. The first kappa shape index (κ1) is 12.8. The molecule has 0 radical (unpaired) electrons. The van der Waals surface area contributed by atoms with Gasteiger partial charge in [-0.1, -0.05) is 6.08 Å². The van der Waals surface area contributed by atoms with Crippen LogP contribution in [-0.4, -0.2) is 28.8 Å². The van der Waals surface area contributed by atoms with Crippen LogP contribution in [0.5, 0.6) is 0 Å². The topological polar surface area (TPSA) is 135 Å². The van der Waals surface area contributed by atoms with Crippen molar-refractivity contribution in [2.75, 3.05) is 0 Å². The Hall–Kier alpha value is -2.18. The zero-order valence-corrected chi connectivity index (χ0v) is 7.34. The van der Waals surface area contributed by atoms with Gasteiger partial charge in [0.15, 0.2) is 0 Å². The van der Waals surface area contributed by atoms with Gasteiger partial charge in [-0.25, -0.2) is 0 Å². The Labute approximate surface area is 83.6 Å². The molecule has 0 heterocycles. The Balaban J connectivity index is 4.54. The molecule has 0 aliphatic carbocycles. The van der Waals surface area contributed by atoms with Crippen LogP contribution in [-0.2, 0) is 19.2 Å². The summed E-state index contributed by atoms with van der Waals surface area (Å²) in [6.45, 7) is 0. The van der Waals surface area contributed by atoms with E-state index in [1.807, 2.05) is 0 Å². The van der Waals surface area contributed by atoms with Gasteiger partial charge in [0, 0.05) is 12.4 Å². The van der Waals surface area contributed by atoms with Crippen LogP contribution in [0, 0.1) is 5.92 Å². The lowest BCUT2D eigenvalue weighted by Gasteiger charge is -2.07. The number of carbonyl (C=O) groups is 4. The second-order valence-corrected chi connectivity index (χ2v) is 2.53.